The number of para-hydroxylation sites is 1. The largest absolute Gasteiger partial charge is 0.396 e. The second kappa shape index (κ2) is 5.78. The Morgan fingerprint density at radius 1 is 1.39 bits per heavy atom. The number of pyridine rings is 1. The summed E-state index contributed by atoms with van der Waals surface area (Å²) in [4.78, 5) is 4.05. The van der Waals surface area contributed by atoms with Crippen LogP contribution in [0.5, 0.6) is 0 Å². The van der Waals surface area contributed by atoms with E-state index in [0.717, 1.165) is 24.0 Å². The highest BCUT2D eigenvalue weighted by atomic mass is 19.1. The molecule has 18 heavy (non-hydrogen) atoms. The van der Waals surface area contributed by atoms with Gasteiger partial charge in [0, 0.05) is 30.4 Å². The molecule has 0 unspecified atom stereocenters. The Morgan fingerprint density at radius 3 is 3.00 bits per heavy atom. The summed E-state index contributed by atoms with van der Waals surface area (Å²) in [5, 5.41) is 12.9. The smallest absolute Gasteiger partial charge is 0.149 e. The van der Waals surface area contributed by atoms with Crippen LogP contribution < -0.4 is 5.32 Å². The molecule has 0 saturated heterocycles. The van der Waals surface area contributed by atoms with Crippen LogP contribution in [0.25, 0.3) is 10.9 Å². The molecule has 0 fully saturated rings. The maximum atomic E-state index is 13.6. The van der Waals surface area contributed by atoms with Crippen LogP contribution in [0.3, 0.4) is 0 Å². The predicted octanol–water partition coefficient (Wildman–Crippen LogP) is 2.80. The Balaban J connectivity index is 2.21. The summed E-state index contributed by atoms with van der Waals surface area (Å²) >= 11 is 0. The minimum atomic E-state index is -0.306. The number of nitrogens with zero attached hydrogens (tertiary/aromatic N) is 1. The Kier molecular flexibility index (Phi) is 4.10. The van der Waals surface area contributed by atoms with E-state index >= 15 is 0 Å². The number of nitrogens with one attached hydrogen (secondary N) is 1. The summed E-state index contributed by atoms with van der Waals surface area (Å²) in [6.07, 6.45) is 2.36. The van der Waals surface area contributed by atoms with Gasteiger partial charge in [0.1, 0.15) is 11.3 Å². The van der Waals surface area contributed by atoms with Crippen molar-refractivity contribution in [1.82, 2.24) is 4.98 Å². The molecule has 2 rings (SSSR count). The van der Waals surface area contributed by atoms with Gasteiger partial charge in [-0.3, -0.25) is 4.98 Å². The van der Waals surface area contributed by atoms with Crippen molar-refractivity contribution < 1.29 is 9.50 Å². The number of aliphatic hydroxyl groups excluding tert-OH is 1. The average Bonchev–Trinajstić information content (AvgIpc) is 2.37. The summed E-state index contributed by atoms with van der Waals surface area (Å²) in [6.45, 7) is 3.00. The number of benzene rings is 1. The molecule has 0 spiro atoms. The lowest BCUT2D eigenvalue weighted by Gasteiger charge is -2.13. The lowest BCUT2D eigenvalue weighted by Crippen LogP contribution is -2.12. The monoisotopic (exact) mass is 248 g/mol. The Hall–Kier alpha value is -1.68. The zero-order chi connectivity index (χ0) is 13.0. The number of hydrogen-bond donors (Lipinski definition) is 2. The molecule has 4 heteroatoms. The highest BCUT2D eigenvalue weighted by Crippen LogP contribution is 2.23. The average molecular weight is 248 g/mol. The maximum absolute atomic E-state index is 13.6. The Bertz CT molecular complexity index is 530. The molecule has 0 aliphatic carbocycles. The second-order valence-corrected chi connectivity index (χ2v) is 4.49. The van der Waals surface area contributed by atoms with Crippen molar-refractivity contribution in [3.05, 3.63) is 36.3 Å². The Labute approximate surface area is 106 Å². The number of anilines is 1. The van der Waals surface area contributed by atoms with Crippen molar-refractivity contribution in [2.45, 2.75) is 13.3 Å². The first-order valence-electron chi connectivity index (χ1n) is 6.10. The first-order chi connectivity index (χ1) is 8.72. The van der Waals surface area contributed by atoms with Gasteiger partial charge in [-0.05, 0) is 24.5 Å². The van der Waals surface area contributed by atoms with Crippen molar-refractivity contribution >= 4 is 16.6 Å². The third kappa shape index (κ3) is 2.76. The van der Waals surface area contributed by atoms with E-state index in [1.54, 1.807) is 12.3 Å². The first kappa shape index (κ1) is 12.8. The van der Waals surface area contributed by atoms with Gasteiger partial charge in [-0.2, -0.15) is 0 Å². The minimum Gasteiger partial charge on any atom is -0.396 e. The fourth-order valence-electron chi connectivity index (χ4n) is 1.90. The molecule has 0 radical (unpaired) electrons. The topological polar surface area (TPSA) is 45.1 Å². The normalized spacial score (nSPS) is 12.6. The predicted molar refractivity (Wildman–Crippen MR) is 71.1 cm³/mol. The van der Waals surface area contributed by atoms with E-state index in [4.69, 9.17) is 5.11 Å². The van der Waals surface area contributed by atoms with Crippen LogP contribution in [0, 0.1) is 11.7 Å². The number of rotatable bonds is 5. The van der Waals surface area contributed by atoms with Gasteiger partial charge in [0.25, 0.3) is 0 Å². The van der Waals surface area contributed by atoms with Gasteiger partial charge < -0.3 is 10.4 Å². The number of aliphatic hydroxyl groups is 1. The maximum Gasteiger partial charge on any atom is 0.149 e. The fraction of sp³-hybridized carbons (Fsp3) is 0.357. The van der Waals surface area contributed by atoms with E-state index in [2.05, 4.69) is 17.2 Å². The lowest BCUT2D eigenvalue weighted by atomic mass is 10.1. The van der Waals surface area contributed by atoms with Crippen LogP contribution in [0.15, 0.2) is 30.5 Å². The first-order valence-corrected chi connectivity index (χ1v) is 6.10. The van der Waals surface area contributed by atoms with Gasteiger partial charge in [-0.25, -0.2) is 4.39 Å². The summed E-state index contributed by atoms with van der Waals surface area (Å²) < 4.78 is 13.6. The molecular formula is C14H17FN2O. The van der Waals surface area contributed by atoms with Crippen molar-refractivity contribution in [3.8, 4) is 0 Å². The zero-order valence-electron chi connectivity index (χ0n) is 10.4. The summed E-state index contributed by atoms with van der Waals surface area (Å²) in [5.74, 6) is 0.0614. The van der Waals surface area contributed by atoms with Gasteiger partial charge in [-0.1, -0.05) is 19.1 Å². The highest BCUT2D eigenvalue weighted by molar-refractivity contribution is 5.91. The van der Waals surface area contributed by atoms with E-state index in [1.807, 2.05) is 12.1 Å². The van der Waals surface area contributed by atoms with E-state index in [-0.39, 0.29) is 12.4 Å². The third-order valence-corrected chi connectivity index (χ3v) is 2.98. The van der Waals surface area contributed by atoms with Crippen LogP contribution in [-0.4, -0.2) is 23.2 Å². The Morgan fingerprint density at radius 2 is 2.22 bits per heavy atom. The number of hydrogen-bond acceptors (Lipinski definition) is 3. The fourth-order valence-corrected chi connectivity index (χ4v) is 1.90. The summed E-state index contributed by atoms with van der Waals surface area (Å²) in [7, 11) is 0. The van der Waals surface area contributed by atoms with Crippen molar-refractivity contribution in [2.24, 2.45) is 5.92 Å². The molecule has 0 aliphatic heterocycles. The standard InChI is InChI=1S/C14H17FN2O/c1-10(6-8-18)9-17-13-5-7-16-14-11(13)3-2-4-12(14)15/h2-5,7,10,18H,6,8-9H2,1H3,(H,16,17)/t10-/m0/s1. The van der Waals surface area contributed by atoms with Gasteiger partial charge >= 0.3 is 0 Å². The van der Waals surface area contributed by atoms with Gasteiger partial charge in [-0.15, -0.1) is 0 Å². The molecule has 96 valence electrons. The molecule has 0 aliphatic rings. The zero-order valence-corrected chi connectivity index (χ0v) is 10.4. The molecule has 2 N–H and O–H groups in total. The number of aromatic nitrogens is 1. The molecule has 0 amide bonds. The molecule has 3 nitrogen and oxygen atoms in total. The van der Waals surface area contributed by atoms with E-state index in [1.165, 1.54) is 6.07 Å². The molecule has 0 bridgehead atoms. The molecule has 1 aromatic heterocycles. The lowest BCUT2D eigenvalue weighted by molar-refractivity contribution is 0.266. The van der Waals surface area contributed by atoms with E-state index < -0.39 is 0 Å². The number of fused-ring (bicyclic) bond motifs is 1. The second-order valence-electron chi connectivity index (χ2n) is 4.49. The molecule has 2 aromatic rings. The SMILES string of the molecule is C[C@@H](CCO)CNc1ccnc2c(F)cccc12. The van der Waals surface area contributed by atoms with E-state index in [9.17, 15) is 4.39 Å². The highest BCUT2D eigenvalue weighted by Gasteiger charge is 2.07. The van der Waals surface area contributed by atoms with Crippen LogP contribution in [0.2, 0.25) is 0 Å². The van der Waals surface area contributed by atoms with Gasteiger partial charge in [0.05, 0.1) is 0 Å². The van der Waals surface area contributed by atoms with Crippen molar-refractivity contribution in [1.29, 1.82) is 0 Å². The summed E-state index contributed by atoms with van der Waals surface area (Å²) in [5.41, 5.74) is 1.27. The van der Waals surface area contributed by atoms with Gasteiger partial charge in [0.2, 0.25) is 0 Å². The summed E-state index contributed by atoms with van der Waals surface area (Å²) in [6, 6.07) is 6.78. The molecule has 0 saturated carbocycles. The third-order valence-electron chi connectivity index (χ3n) is 2.98. The minimum absolute atomic E-state index is 0.189. The van der Waals surface area contributed by atoms with Crippen molar-refractivity contribution in [3.63, 3.8) is 0 Å². The van der Waals surface area contributed by atoms with Gasteiger partial charge in [0.15, 0.2) is 0 Å². The van der Waals surface area contributed by atoms with Crippen LogP contribution in [0.4, 0.5) is 10.1 Å². The molecule has 1 heterocycles. The number of halogens is 1. The van der Waals surface area contributed by atoms with Crippen molar-refractivity contribution in [2.75, 3.05) is 18.5 Å². The molecule has 1 aromatic carbocycles. The molecular weight excluding hydrogens is 231 g/mol. The molecule has 1 atom stereocenters. The van der Waals surface area contributed by atoms with Crippen LogP contribution in [-0.2, 0) is 0 Å². The van der Waals surface area contributed by atoms with E-state index in [0.29, 0.717) is 11.4 Å². The van der Waals surface area contributed by atoms with Crippen LogP contribution >= 0.6 is 0 Å². The quantitative estimate of drug-likeness (QED) is 0.855. The van der Waals surface area contributed by atoms with Crippen LogP contribution in [0.1, 0.15) is 13.3 Å².